The second kappa shape index (κ2) is 4.19. The lowest BCUT2D eigenvalue weighted by atomic mass is 10.0. The highest BCUT2D eigenvalue weighted by molar-refractivity contribution is 5.77. The monoisotopic (exact) mass is 229 g/mol. The molecule has 1 saturated carbocycles. The minimum Gasteiger partial charge on any atom is -0.461 e. The Morgan fingerprint density at radius 3 is 2.71 bits per heavy atom. The SMILES string of the molecule is CC(NC1CC1)C(C)c1cc2ccccc2o1. The van der Waals surface area contributed by atoms with Crippen LogP contribution in [0.2, 0.25) is 0 Å². The zero-order valence-corrected chi connectivity index (χ0v) is 10.4. The summed E-state index contributed by atoms with van der Waals surface area (Å²) in [4.78, 5) is 0. The van der Waals surface area contributed by atoms with Gasteiger partial charge in [-0.2, -0.15) is 0 Å². The van der Waals surface area contributed by atoms with Gasteiger partial charge in [-0.25, -0.2) is 0 Å². The van der Waals surface area contributed by atoms with Crippen LogP contribution in [0.15, 0.2) is 34.7 Å². The molecule has 2 atom stereocenters. The van der Waals surface area contributed by atoms with Gasteiger partial charge in [0.25, 0.3) is 0 Å². The van der Waals surface area contributed by atoms with Gasteiger partial charge < -0.3 is 9.73 Å². The lowest BCUT2D eigenvalue weighted by Crippen LogP contribution is -2.32. The molecule has 3 rings (SSSR count). The van der Waals surface area contributed by atoms with Crippen LogP contribution >= 0.6 is 0 Å². The zero-order valence-electron chi connectivity index (χ0n) is 10.4. The number of rotatable bonds is 4. The van der Waals surface area contributed by atoms with Crippen LogP contribution in [0, 0.1) is 0 Å². The molecule has 0 radical (unpaired) electrons. The largest absolute Gasteiger partial charge is 0.461 e. The Hall–Kier alpha value is -1.28. The van der Waals surface area contributed by atoms with E-state index in [2.05, 4.69) is 37.4 Å². The summed E-state index contributed by atoms with van der Waals surface area (Å²) >= 11 is 0. The third-order valence-corrected chi connectivity index (χ3v) is 3.72. The molecule has 0 amide bonds. The maximum absolute atomic E-state index is 5.91. The van der Waals surface area contributed by atoms with Crippen LogP contribution in [0.5, 0.6) is 0 Å². The maximum Gasteiger partial charge on any atom is 0.134 e. The van der Waals surface area contributed by atoms with Crippen LogP contribution in [0.25, 0.3) is 11.0 Å². The first-order valence-electron chi connectivity index (χ1n) is 6.48. The molecule has 0 aliphatic heterocycles. The molecule has 1 N–H and O–H groups in total. The Balaban J connectivity index is 1.81. The summed E-state index contributed by atoms with van der Waals surface area (Å²) in [6.45, 7) is 4.48. The van der Waals surface area contributed by atoms with Crippen molar-refractivity contribution in [1.29, 1.82) is 0 Å². The van der Waals surface area contributed by atoms with Gasteiger partial charge in [0.05, 0.1) is 0 Å². The first-order chi connectivity index (χ1) is 8.24. The molecule has 0 spiro atoms. The molecule has 0 bridgehead atoms. The smallest absolute Gasteiger partial charge is 0.134 e. The second-order valence-corrected chi connectivity index (χ2v) is 5.20. The summed E-state index contributed by atoms with van der Waals surface area (Å²) < 4.78 is 5.91. The van der Waals surface area contributed by atoms with Crippen LogP contribution in [0.4, 0.5) is 0 Å². The lowest BCUT2D eigenvalue weighted by molar-refractivity contribution is 0.414. The third kappa shape index (κ3) is 2.22. The van der Waals surface area contributed by atoms with E-state index in [1.807, 2.05) is 12.1 Å². The van der Waals surface area contributed by atoms with Crippen molar-refractivity contribution in [3.63, 3.8) is 0 Å². The maximum atomic E-state index is 5.91. The van der Waals surface area contributed by atoms with Gasteiger partial charge in [0, 0.05) is 23.4 Å². The van der Waals surface area contributed by atoms with Gasteiger partial charge in [-0.15, -0.1) is 0 Å². The van der Waals surface area contributed by atoms with Crippen molar-refractivity contribution in [3.05, 3.63) is 36.1 Å². The predicted octanol–water partition coefficient (Wildman–Crippen LogP) is 3.68. The summed E-state index contributed by atoms with van der Waals surface area (Å²) in [6.07, 6.45) is 2.66. The van der Waals surface area contributed by atoms with Crippen molar-refractivity contribution in [2.75, 3.05) is 0 Å². The van der Waals surface area contributed by atoms with E-state index in [0.717, 1.165) is 17.4 Å². The second-order valence-electron chi connectivity index (χ2n) is 5.20. The Morgan fingerprint density at radius 2 is 2.00 bits per heavy atom. The van der Waals surface area contributed by atoms with Crippen molar-refractivity contribution in [2.24, 2.45) is 0 Å². The molecule has 1 aromatic heterocycles. The van der Waals surface area contributed by atoms with E-state index in [1.54, 1.807) is 0 Å². The summed E-state index contributed by atoms with van der Waals surface area (Å²) in [5.74, 6) is 1.51. The molecule has 2 unspecified atom stereocenters. The number of hydrogen-bond acceptors (Lipinski definition) is 2. The third-order valence-electron chi connectivity index (χ3n) is 3.72. The Kier molecular flexibility index (Phi) is 2.67. The minimum atomic E-state index is 0.419. The highest BCUT2D eigenvalue weighted by Gasteiger charge is 2.26. The van der Waals surface area contributed by atoms with Crippen molar-refractivity contribution < 1.29 is 4.42 Å². The Labute approximate surface area is 102 Å². The van der Waals surface area contributed by atoms with E-state index in [9.17, 15) is 0 Å². The van der Waals surface area contributed by atoms with Crippen LogP contribution in [0.3, 0.4) is 0 Å². The quantitative estimate of drug-likeness (QED) is 0.865. The van der Waals surface area contributed by atoms with Crippen molar-refractivity contribution >= 4 is 11.0 Å². The molecule has 2 heteroatoms. The van der Waals surface area contributed by atoms with Crippen LogP contribution in [0.1, 0.15) is 38.4 Å². The summed E-state index contributed by atoms with van der Waals surface area (Å²) in [6, 6.07) is 11.6. The average molecular weight is 229 g/mol. The van der Waals surface area contributed by atoms with E-state index < -0.39 is 0 Å². The van der Waals surface area contributed by atoms with Gasteiger partial charge >= 0.3 is 0 Å². The molecule has 1 aliphatic rings. The van der Waals surface area contributed by atoms with E-state index in [4.69, 9.17) is 4.42 Å². The van der Waals surface area contributed by atoms with E-state index in [0.29, 0.717) is 12.0 Å². The van der Waals surface area contributed by atoms with Crippen LogP contribution in [-0.4, -0.2) is 12.1 Å². The summed E-state index contributed by atoms with van der Waals surface area (Å²) in [5.41, 5.74) is 0.993. The highest BCUT2D eigenvalue weighted by Crippen LogP contribution is 2.28. The number of hydrogen-bond donors (Lipinski definition) is 1. The number of fused-ring (bicyclic) bond motifs is 1. The fraction of sp³-hybridized carbons (Fsp3) is 0.467. The molecule has 1 fully saturated rings. The summed E-state index contributed by atoms with van der Waals surface area (Å²) in [7, 11) is 0. The summed E-state index contributed by atoms with van der Waals surface area (Å²) in [5, 5.41) is 4.84. The molecule has 90 valence electrons. The number of para-hydroxylation sites is 1. The lowest BCUT2D eigenvalue weighted by Gasteiger charge is -2.19. The van der Waals surface area contributed by atoms with Gasteiger partial charge in [0.2, 0.25) is 0 Å². The molecule has 2 nitrogen and oxygen atoms in total. The molecule has 0 saturated heterocycles. The average Bonchev–Trinajstić information content (AvgIpc) is 3.04. The molecule has 1 aromatic carbocycles. The molecular formula is C15H19NO. The molecule has 1 aliphatic carbocycles. The van der Waals surface area contributed by atoms with E-state index in [1.165, 1.54) is 18.2 Å². The van der Waals surface area contributed by atoms with Crippen molar-refractivity contribution in [2.45, 2.75) is 44.7 Å². The molecule has 2 aromatic rings. The molecular weight excluding hydrogens is 210 g/mol. The van der Waals surface area contributed by atoms with Gasteiger partial charge in [-0.1, -0.05) is 25.1 Å². The van der Waals surface area contributed by atoms with Crippen LogP contribution in [-0.2, 0) is 0 Å². The molecule has 17 heavy (non-hydrogen) atoms. The van der Waals surface area contributed by atoms with Gasteiger partial charge in [0.1, 0.15) is 11.3 Å². The first kappa shape index (κ1) is 10.8. The zero-order chi connectivity index (χ0) is 11.8. The van der Waals surface area contributed by atoms with Crippen molar-refractivity contribution in [3.8, 4) is 0 Å². The first-order valence-corrected chi connectivity index (χ1v) is 6.48. The Bertz CT molecular complexity index is 479. The van der Waals surface area contributed by atoms with E-state index in [-0.39, 0.29) is 0 Å². The molecule has 1 heterocycles. The fourth-order valence-corrected chi connectivity index (χ4v) is 2.24. The van der Waals surface area contributed by atoms with Gasteiger partial charge in [-0.05, 0) is 31.9 Å². The number of furan rings is 1. The number of benzene rings is 1. The highest BCUT2D eigenvalue weighted by atomic mass is 16.3. The standard InChI is InChI=1S/C15H19NO/c1-10(11(2)16-13-7-8-13)15-9-12-5-3-4-6-14(12)17-15/h3-6,9-11,13,16H,7-8H2,1-2H3. The minimum absolute atomic E-state index is 0.419. The van der Waals surface area contributed by atoms with Crippen molar-refractivity contribution in [1.82, 2.24) is 5.32 Å². The Morgan fingerprint density at radius 1 is 1.24 bits per heavy atom. The topological polar surface area (TPSA) is 25.2 Å². The van der Waals surface area contributed by atoms with Gasteiger partial charge in [0.15, 0.2) is 0 Å². The van der Waals surface area contributed by atoms with Crippen LogP contribution < -0.4 is 5.32 Å². The predicted molar refractivity (Wildman–Crippen MR) is 70.2 cm³/mol. The fourth-order valence-electron chi connectivity index (χ4n) is 2.24. The normalized spacial score (nSPS) is 19.4. The number of nitrogens with one attached hydrogen (secondary N) is 1. The van der Waals surface area contributed by atoms with E-state index >= 15 is 0 Å². The van der Waals surface area contributed by atoms with Gasteiger partial charge in [-0.3, -0.25) is 0 Å².